The zero-order chi connectivity index (χ0) is 15.3. The standard InChI is InChI=1S/C12H11ClO3.C2H4O2/c1-15-9-5-6-10(16-2)12-8(14)4-3-7(13)11(9)12;1-2(3)4/h3-6,14H,1-2H3;1H3,(H,3,4). The van der Waals surface area contributed by atoms with E-state index in [9.17, 15) is 5.11 Å². The first-order valence-electron chi connectivity index (χ1n) is 5.64. The van der Waals surface area contributed by atoms with Crippen LogP contribution in [-0.4, -0.2) is 30.4 Å². The van der Waals surface area contributed by atoms with Gasteiger partial charge in [-0.2, -0.15) is 0 Å². The maximum Gasteiger partial charge on any atom is 0.300 e. The number of carbonyl (C=O) groups is 1. The van der Waals surface area contributed by atoms with Gasteiger partial charge in [0, 0.05) is 12.3 Å². The first-order chi connectivity index (χ1) is 9.42. The van der Waals surface area contributed by atoms with Crippen LogP contribution in [0.25, 0.3) is 10.8 Å². The zero-order valence-electron chi connectivity index (χ0n) is 11.3. The van der Waals surface area contributed by atoms with E-state index in [1.54, 1.807) is 32.4 Å². The van der Waals surface area contributed by atoms with Gasteiger partial charge in [0.25, 0.3) is 5.97 Å². The van der Waals surface area contributed by atoms with Gasteiger partial charge in [-0.05, 0) is 24.3 Å². The number of hydrogen-bond donors (Lipinski definition) is 2. The van der Waals surface area contributed by atoms with Crippen LogP contribution in [0.5, 0.6) is 17.2 Å². The topological polar surface area (TPSA) is 76.0 Å². The minimum absolute atomic E-state index is 0.121. The second-order valence-corrected chi connectivity index (χ2v) is 4.21. The van der Waals surface area contributed by atoms with Crippen molar-refractivity contribution in [2.45, 2.75) is 6.92 Å². The number of carboxylic acids is 1. The van der Waals surface area contributed by atoms with E-state index in [4.69, 9.17) is 31.0 Å². The van der Waals surface area contributed by atoms with E-state index in [1.165, 1.54) is 6.07 Å². The summed E-state index contributed by atoms with van der Waals surface area (Å²) >= 11 is 6.10. The maximum absolute atomic E-state index is 9.83. The van der Waals surface area contributed by atoms with Crippen LogP contribution in [-0.2, 0) is 4.79 Å². The Hall–Kier alpha value is -2.14. The Labute approximate surface area is 121 Å². The highest BCUT2D eigenvalue weighted by atomic mass is 35.5. The van der Waals surface area contributed by atoms with Crippen LogP contribution >= 0.6 is 11.6 Å². The van der Waals surface area contributed by atoms with Crippen LogP contribution in [0.3, 0.4) is 0 Å². The quantitative estimate of drug-likeness (QED) is 0.889. The third-order valence-corrected chi connectivity index (χ3v) is 2.77. The lowest BCUT2D eigenvalue weighted by molar-refractivity contribution is -0.134. The lowest BCUT2D eigenvalue weighted by Gasteiger charge is -2.12. The van der Waals surface area contributed by atoms with Gasteiger partial charge >= 0.3 is 0 Å². The number of hydrogen-bond acceptors (Lipinski definition) is 4. The number of fused-ring (bicyclic) bond motifs is 1. The summed E-state index contributed by atoms with van der Waals surface area (Å²) in [5.74, 6) is 0.461. The number of phenolic OH excluding ortho intramolecular Hbond substituents is 1. The van der Waals surface area contributed by atoms with Crippen LogP contribution in [0.15, 0.2) is 24.3 Å². The Morgan fingerprint density at radius 3 is 1.95 bits per heavy atom. The minimum atomic E-state index is -0.833. The van der Waals surface area contributed by atoms with Crippen LogP contribution in [0.2, 0.25) is 5.02 Å². The summed E-state index contributed by atoms with van der Waals surface area (Å²) in [6.45, 7) is 1.08. The molecule has 0 bridgehead atoms. The average molecular weight is 299 g/mol. The fourth-order valence-corrected chi connectivity index (χ4v) is 1.97. The summed E-state index contributed by atoms with van der Waals surface area (Å²) in [7, 11) is 3.10. The largest absolute Gasteiger partial charge is 0.507 e. The predicted octanol–water partition coefficient (Wildman–Crippen LogP) is 3.31. The van der Waals surface area contributed by atoms with E-state index in [2.05, 4.69) is 0 Å². The molecule has 0 aliphatic rings. The summed E-state index contributed by atoms with van der Waals surface area (Å²) in [5, 5.41) is 19.0. The molecule has 2 rings (SSSR count). The van der Waals surface area contributed by atoms with Gasteiger partial charge < -0.3 is 19.7 Å². The van der Waals surface area contributed by atoms with E-state index in [-0.39, 0.29) is 5.75 Å². The summed E-state index contributed by atoms with van der Waals surface area (Å²) in [6.07, 6.45) is 0. The van der Waals surface area contributed by atoms with E-state index in [0.29, 0.717) is 27.3 Å². The average Bonchev–Trinajstić information content (AvgIpc) is 2.41. The molecular weight excluding hydrogens is 284 g/mol. The molecule has 0 fully saturated rings. The second kappa shape index (κ2) is 6.86. The third kappa shape index (κ3) is 3.45. The molecule has 5 nitrogen and oxygen atoms in total. The lowest BCUT2D eigenvalue weighted by Crippen LogP contribution is -1.90. The van der Waals surface area contributed by atoms with Crippen LogP contribution < -0.4 is 9.47 Å². The molecule has 0 aromatic heterocycles. The SMILES string of the molecule is CC(=O)O.COc1ccc(OC)c2c(Cl)ccc(O)c12. The smallest absolute Gasteiger partial charge is 0.300 e. The van der Waals surface area contributed by atoms with Crippen LogP contribution in [0.1, 0.15) is 6.92 Å². The fraction of sp³-hybridized carbons (Fsp3) is 0.214. The molecule has 0 saturated heterocycles. The van der Waals surface area contributed by atoms with Crippen molar-refractivity contribution in [1.29, 1.82) is 0 Å². The van der Waals surface area contributed by atoms with Crippen molar-refractivity contribution in [1.82, 2.24) is 0 Å². The molecule has 0 saturated carbocycles. The number of aromatic hydroxyl groups is 1. The van der Waals surface area contributed by atoms with Gasteiger partial charge in [0.05, 0.1) is 24.6 Å². The van der Waals surface area contributed by atoms with E-state index in [1.807, 2.05) is 0 Å². The summed E-state index contributed by atoms with van der Waals surface area (Å²) in [5.41, 5.74) is 0. The molecule has 0 heterocycles. The molecule has 20 heavy (non-hydrogen) atoms. The van der Waals surface area contributed by atoms with Crippen molar-refractivity contribution in [2.24, 2.45) is 0 Å². The number of phenols is 1. The Balaban J connectivity index is 0.000000444. The molecule has 0 radical (unpaired) electrons. The molecule has 0 amide bonds. The Morgan fingerprint density at radius 1 is 1.05 bits per heavy atom. The highest BCUT2D eigenvalue weighted by molar-refractivity contribution is 6.36. The molecule has 6 heteroatoms. The van der Waals surface area contributed by atoms with Crippen molar-refractivity contribution in [2.75, 3.05) is 14.2 Å². The molecule has 0 spiro atoms. The first kappa shape index (κ1) is 15.9. The van der Waals surface area contributed by atoms with E-state index in [0.717, 1.165) is 6.92 Å². The number of benzene rings is 2. The number of carboxylic acid groups (broad SMARTS) is 1. The Kier molecular flexibility index (Phi) is 5.46. The molecule has 2 aromatic rings. The van der Waals surface area contributed by atoms with Crippen molar-refractivity contribution in [3.8, 4) is 17.2 Å². The number of aliphatic carboxylic acids is 1. The summed E-state index contributed by atoms with van der Waals surface area (Å²) in [4.78, 5) is 9.00. The molecule has 2 aromatic carbocycles. The zero-order valence-corrected chi connectivity index (χ0v) is 12.1. The molecule has 0 aliphatic heterocycles. The number of rotatable bonds is 2. The molecule has 2 N–H and O–H groups in total. The van der Waals surface area contributed by atoms with Gasteiger partial charge in [-0.25, -0.2) is 0 Å². The van der Waals surface area contributed by atoms with Crippen molar-refractivity contribution in [3.05, 3.63) is 29.3 Å². The number of methoxy groups -OCH3 is 2. The van der Waals surface area contributed by atoms with Crippen molar-refractivity contribution in [3.63, 3.8) is 0 Å². The third-order valence-electron chi connectivity index (χ3n) is 2.45. The summed E-state index contributed by atoms with van der Waals surface area (Å²) < 4.78 is 10.4. The van der Waals surface area contributed by atoms with Crippen LogP contribution in [0, 0.1) is 0 Å². The van der Waals surface area contributed by atoms with Gasteiger partial charge in [-0.1, -0.05) is 11.6 Å². The van der Waals surface area contributed by atoms with Crippen LogP contribution in [0.4, 0.5) is 0 Å². The number of ether oxygens (including phenoxy) is 2. The molecule has 0 atom stereocenters. The van der Waals surface area contributed by atoms with Gasteiger partial charge in [0.2, 0.25) is 0 Å². The maximum atomic E-state index is 9.83. The predicted molar refractivity (Wildman–Crippen MR) is 77.0 cm³/mol. The molecular formula is C14H15ClO5. The minimum Gasteiger partial charge on any atom is -0.507 e. The Morgan fingerprint density at radius 2 is 1.50 bits per heavy atom. The second-order valence-electron chi connectivity index (χ2n) is 3.81. The van der Waals surface area contributed by atoms with Gasteiger partial charge in [-0.3, -0.25) is 4.79 Å². The Bertz CT molecular complexity index is 572. The molecule has 0 aliphatic carbocycles. The first-order valence-corrected chi connectivity index (χ1v) is 6.01. The normalized spacial score (nSPS) is 9.60. The highest BCUT2D eigenvalue weighted by Gasteiger charge is 2.13. The van der Waals surface area contributed by atoms with Crippen molar-refractivity contribution < 1.29 is 24.5 Å². The monoisotopic (exact) mass is 298 g/mol. The highest BCUT2D eigenvalue weighted by Crippen LogP contribution is 2.42. The fourth-order valence-electron chi connectivity index (χ4n) is 1.71. The molecule has 0 unspecified atom stereocenters. The molecule has 108 valence electrons. The van der Waals surface area contributed by atoms with Gasteiger partial charge in [0.1, 0.15) is 17.2 Å². The number of halogens is 1. The van der Waals surface area contributed by atoms with E-state index < -0.39 is 5.97 Å². The van der Waals surface area contributed by atoms with E-state index >= 15 is 0 Å². The van der Waals surface area contributed by atoms with Gasteiger partial charge in [0.15, 0.2) is 0 Å². The van der Waals surface area contributed by atoms with Gasteiger partial charge in [-0.15, -0.1) is 0 Å². The lowest BCUT2D eigenvalue weighted by atomic mass is 10.1. The summed E-state index contributed by atoms with van der Waals surface area (Å²) in [6, 6.07) is 6.65. The van der Waals surface area contributed by atoms with Crippen molar-refractivity contribution >= 4 is 28.3 Å².